The number of aromatic amines is 2. The number of aryl methyl sites for hydroxylation is 2. The lowest BCUT2D eigenvalue weighted by atomic mass is 10.1. The Hall–Kier alpha value is -4.68. The van der Waals surface area contributed by atoms with Crippen molar-refractivity contribution in [2.24, 2.45) is 7.05 Å². The monoisotopic (exact) mass is 632 g/mol. The fourth-order valence-corrected chi connectivity index (χ4v) is 7.96. The molecule has 10 rings (SSSR count). The Morgan fingerprint density at radius 1 is 0.702 bits per heavy atom. The molecule has 0 amide bonds. The zero-order valence-corrected chi connectivity index (χ0v) is 26.9. The first-order valence-electron chi connectivity index (χ1n) is 16.9. The van der Waals surface area contributed by atoms with Crippen molar-refractivity contribution in [3.05, 3.63) is 60.4 Å². The number of pyridine rings is 2. The van der Waals surface area contributed by atoms with Gasteiger partial charge < -0.3 is 28.4 Å². The predicted molar refractivity (Wildman–Crippen MR) is 181 cm³/mol. The van der Waals surface area contributed by atoms with Crippen LogP contribution in [0.4, 0.5) is 11.6 Å². The third kappa shape index (κ3) is 4.64. The molecule has 10 heterocycles. The second-order valence-corrected chi connectivity index (χ2v) is 13.0. The molecular formula is C35H40N10O2. The van der Waals surface area contributed by atoms with Gasteiger partial charge in [0.1, 0.15) is 23.0 Å². The summed E-state index contributed by atoms with van der Waals surface area (Å²) in [6, 6.07) is 9.30. The molecule has 0 bridgehead atoms. The van der Waals surface area contributed by atoms with Crippen molar-refractivity contribution in [2.45, 2.75) is 64.3 Å². The molecule has 0 aliphatic carbocycles. The summed E-state index contributed by atoms with van der Waals surface area (Å²) in [5, 5.41) is 17.9. The highest BCUT2D eigenvalue weighted by molar-refractivity contribution is 6.03. The predicted octanol–water partition coefficient (Wildman–Crippen LogP) is 5.41. The van der Waals surface area contributed by atoms with Crippen molar-refractivity contribution in [3.63, 3.8) is 0 Å². The highest BCUT2D eigenvalue weighted by Gasteiger charge is 2.33. The Bertz CT molecular complexity index is 2060. The third-order valence-corrected chi connectivity index (χ3v) is 10.5. The number of nitrogens with zero attached hydrogens (tertiary/aromatic N) is 8. The van der Waals surface area contributed by atoms with E-state index in [0.29, 0.717) is 12.1 Å². The number of anilines is 2. The van der Waals surface area contributed by atoms with Crippen LogP contribution in [-0.2, 0) is 36.2 Å². The van der Waals surface area contributed by atoms with Crippen molar-refractivity contribution in [1.29, 1.82) is 0 Å². The van der Waals surface area contributed by atoms with Crippen LogP contribution < -0.4 is 9.80 Å². The number of fused-ring (bicyclic) bond motifs is 4. The van der Waals surface area contributed by atoms with Gasteiger partial charge in [0.15, 0.2) is 0 Å². The molecule has 0 aromatic carbocycles. The molecule has 0 spiro atoms. The van der Waals surface area contributed by atoms with Crippen LogP contribution in [0.2, 0.25) is 0 Å². The number of H-pyrrole nitrogens is 2. The van der Waals surface area contributed by atoms with E-state index in [0.717, 1.165) is 117 Å². The minimum Gasteiger partial charge on any atom is -0.381 e. The molecule has 0 atom stereocenters. The first kappa shape index (κ1) is 28.5. The van der Waals surface area contributed by atoms with Crippen molar-refractivity contribution < 1.29 is 9.47 Å². The molecule has 2 fully saturated rings. The Labute approximate surface area is 272 Å². The Morgan fingerprint density at radius 3 is 1.77 bits per heavy atom. The van der Waals surface area contributed by atoms with E-state index in [4.69, 9.17) is 19.4 Å². The fourth-order valence-electron chi connectivity index (χ4n) is 7.96. The van der Waals surface area contributed by atoms with E-state index in [9.17, 15) is 0 Å². The van der Waals surface area contributed by atoms with Gasteiger partial charge in [0.25, 0.3) is 0 Å². The number of rotatable bonds is 3. The van der Waals surface area contributed by atoms with Crippen LogP contribution in [0.15, 0.2) is 49.1 Å². The molecule has 2 N–H and O–H groups in total. The largest absolute Gasteiger partial charge is 0.381 e. The lowest BCUT2D eigenvalue weighted by Crippen LogP contribution is -2.39. The average molecular weight is 633 g/mol. The summed E-state index contributed by atoms with van der Waals surface area (Å²) in [5.74, 6) is 2.11. The summed E-state index contributed by atoms with van der Waals surface area (Å²) >= 11 is 0. The van der Waals surface area contributed by atoms with Gasteiger partial charge in [-0.3, -0.25) is 10.2 Å². The molecule has 242 valence electrons. The molecule has 0 saturated carbocycles. The fraction of sp³-hybridized carbons (Fsp3) is 0.429. The molecule has 4 aliphatic rings. The van der Waals surface area contributed by atoms with Gasteiger partial charge in [-0.1, -0.05) is 0 Å². The lowest BCUT2D eigenvalue weighted by molar-refractivity contribution is 0.0838. The van der Waals surface area contributed by atoms with Crippen LogP contribution in [-0.4, -0.2) is 78.0 Å². The molecule has 4 aliphatic heterocycles. The van der Waals surface area contributed by atoms with Crippen LogP contribution in [0.1, 0.15) is 44.0 Å². The number of ether oxygens (including phenoxy) is 2. The second kappa shape index (κ2) is 11.5. The SMILES string of the molecule is CCn1ccc2c1CN(C1CCOCC1)c1nccc3[nH]nc-2c13.Cn1ccc2c1CN(C1CCOCC1)c1nccc3[nH]nc-2c13. The van der Waals surface area contributed by atoms with Gasteiger partial charge in [-0.05, 0) is 56.9 Å². The summed E-state index contributed by atoms with van der Waals surface area (Å²) in [5.41, 5.74) is 9.23. The quantitative estimate of drug-likeness (QED) is 0.266. The van der Waals surface area contributed by atoms with Crippen LogP contribution >= 0.6 is 0 Å². The molecule has 0 unspecified atom stereocenters. The van der Waals surface area contributed by atoms with Crippen LogP contribution in [0.25, 0.3) is 44.3 Å². The minimum atomic E-state index is 0.463. The highest BCUT2D eigenvalue weighted by atomic mass is 16.5. The molecule has 2 saturated heterocycles. The molecular weight excluding hydrogens is 592 g/mol. The maximum Gasteiger partial charge on any atom is 0.140 e. The zero-order chi connectivity index (χ0) is 31.5. The summed E-state index contributed by atoms with van der Waals surface area (Å²) in [7, 11) is 2.11. The summed E-state index contributed by atoms with van der Waals surface area (Å²) in [4.78, 5) is 14.4. The molecule has 0 radical (unpaired) electrons. The Kier molecular flexibility index (Phi) is 7.00. The molecule has 12 nitrogen and oxygen atoms in total. The smallest absolute Gasteiger partial charge is 0.140 e. The summed E-state index contributed by atoms with van der Waals surface area (Å²) in [6.07, 6.45) is 12.2. The first-order valence-corrected chi connectivity index (χ1v) is 16.9. The Morgan fingerprint density at radius 2 is 1.21 bits per heavy atom. The van der Waals surface area contributed by atoms with E-state index < -0.39 is 0 Å². The van der Waals surface area contributed by atoms with E-state index in [1.54, 1.807) is 0 Å². The number of hydrogen-bond acceptors (Lipinski definition) is 8. The third-order valence-electron chi connectivity index (χ3n) is 10.5. The first-order chi connectivity index (χ1) is 23.2. The normalized spacial score (nSPS) is 18.1. The number of aromatic nitrogens is 8. The zero-order valence-electron chi connectivity index (χ0n) is 26.9. The van der Waals surface area contributed by atoms with Crippen LogP contribution in [0.3, 0.4) is 0 Å². The second-order valence-electron chi connectivity index (χ2n) is 13.0. The minimum absolute atomic E-state index is 0.463. The van der Waals surface area contributed by atoms with E-state index in [1.807, 2.05) is 24.5 Å². The van der Waals surface area contributed by atoms with E-state index in [1.165, 1.54) is 22.5 Å². The van der Waals surface area contributed by atoms with E-state index >= 15 is 0 Å². The van der Waals surface area contributed by atoms with Gasteiger partial charge in [0, 0.05) is 99.4 Å². The maximum atomic E-state index is 5.58. The summed E-state index contributed by atoms with van der Waals surface area (Å²) < 4.78 is 15.7. The van der Waals surface area contributed by atoms with Crippen molar-refractivity contribution in [3.8, 4) is 22.5 Å². The number of hydrogen-bond donors (Lipinski definition) is 2. The van der Waals surface area contributed by atoms with Crippen molar-refractivity contribution in [1.82, 2.24) is 39.5 Å². The van der Waals surface area contributed by atoms with Gasteiger partial charge >= 0.3 is 0 Å². The number of nitrogens with one attached hydrogen (secondary N) is 2. The van der Waals surface area contributed by atoms with Crippen molar-refractivity contribution >= 4 is 33.4 Å². The lowest BCUT2D eigenvalue weighted by Gasteiger charge is -2.35. The Balaban J connectivity index is 0.000000129. The molecule has 12 heteroatoms. The van der Waals surface area contributed by atoms with Crippen molar-refractivity contribution in [2.75, 3.05) is 36.2 Å². The van der Waals surface area contributed by atoms with Crippen LogP contribution in [0.5, 0.6) is 0 Å². The molecule has 6 aromatic heterocycles. The van der Waals surface area contributed by atoms with Crippen LogP contribution in [0, 0.1) is 0 Å². The maximum absolute atomic E-state index is 5.58. The van der Waals surface area contributed by atoms with Gasteiger partial charge in [-0.2, -0.15) is 10.2 Å². The summed E-state index contributed by atoms with van der Waals surface area (Å²) in [6.45, 7) is 8.22. The average Bonchev–Trinajstić information content (AvgIpc) is 3.89. The van der Waals surface area contributed by atoms with Gasteiger partial charge in [0.2, 0.25) is 0 Å². The highest BCUT2D eigenvalue weighted by Crippen LogP contribution is 2.42. The van der Waals surface area contributed by atoms with Gasteiger partial charge in [0.05, 0.1) is 34.9 Å². The topological polar surface area (TPSA) is 118 Å². The van der Waals surface area contributed by atoms with E-state index in [2.05, 4.69) is 77.8 Å². The van der Waals surface area contributed by atoms with E-state index in [-0.39, 0.29) is 0 Å². The molecule has 47 heavy (non-hydrogen) atoms. The van der Waals surface area contributed by atoms with Gasteiger partial charge in [-0.15, -0.1) is 0 Å². The molecule has 6 aromatic rings. The van der Waals surface area contributed by atoms with Gasteiger partial charge in [-0.25, -0.2) is 9.97 Å². The standard InChI is InChI=1S/C18H21N5O.C17H19N5O/c1-2-22-8-4-13-15(22)11-23(12-5-9-24-10-6-12)18-16-14(3-7-19-18)20-21-17(13)16;1-21-7-3-12-14(21)10-22(11-4-8-23-9-5-11)17-15-13(2-6-18-17)19-20-16(12)15/h3-4,7-8,12H,2,5-6,9-11H2,1H3,(H,20,21);2-3,6-7,11H,4-5,8-10H2,1H3,(H,19,20).